The van der Waals surface area contributed by atoms with Crippen molar-refractivity contribution in [1.82, 2.24) is 29.8 Å². The summed E-state index contributed by atoms with van der Waals surface area (Å²) in [6, 6.07) is 3.80. The summed E-state index contributed by atoms with van der Waals surface area (Å²) in [7, 11) is 1.82. The lowest BCUT2D eigenvalue weighted by Gasteiger charge is -2.31. The molecule has 0 N–H and O–H groups in total. The van der Waals surface area contributed by atoms with Crippen LogP contribution in [0.25, 0.3) is 11.3 Å². The van der Waals surface area contributed by atoms with Gasteiger partial charge >= 0.3 is 0 Å². The molecular formula is C20H24N6O2. The second-order valence-corrected chi connectivity index (χ2v) is 7.41. The number of likely N-dealkylation sites (tertiary alicyclic amines) is 1. The zero-order valence-corrected chi connectivity index (χ0v) is 16.4. The quantitative estimate of drug-likeness (QED) is 0.691. The maximum atomic E-state index is 12.5. The Bertz CT molecular complexity index is 965. The molecule has 1 fully saturated rings. The highest BCUT2D eigenvalue weighted by atomic mass is 16.5. The molecule has 1 aliphatic rings. The van der Waals surface area contributed by atoms with Crippen molar-refractivity contribution in [3.63, 3.8) is 0 Å². The molecule has 3 aromatic heterocycles. The van der Waals surface area contributed by atoms with Crippen molar-refractivity contribution in [2.75, 3.05) is 13.1 Å². The van der Waals surface area contributed by atoms with Gasteiger partial charge in [-0.2, -0.15) is 5.10 Å². The number of amides is 1. The topological polar surface area (TPSA) is 89.9 Å². The van der Waals surface area contributed by atoms with Crippen molar-refractivity contribution >= 4 is 5.91 Å². The first-order valence-corrected chi connectivity index (χ1v) is 9.54. The van der Waals surface area contributed by atoms with Crippen LogP contribution in [0.5, 0.6) is 0 Å². The minimum atomic E-state index is 0.0155. The van der Waals surface area contributed by atoms with Gasteiger partial charge in [0.2, 0.25) is 0 Å². The third-order valence-corrected chi connectivity index (χ3v) is 5.35. The van der Waals surface area contributed by atoms with Crippen molar-refractivity contribution in [2.24, 2.45) is 13.0 Å². The van der Waals surface area contributed by atoms with Crippen molar-refractivity contribution in [3.8, 4) is 11.3 Å². The molecule has 0 aromatic carbocycles. The first-order chi connectivity index (χ1) is 13.5. The molecule has 1 aliphatic heterocycles. The summed E-state index contributed by atoms with van der Waals surface area (Å²) in [5.41, 5.74) is 4.16. The molecule has 0 atom stereocenters. The van der Waals surface area contributed by atoms with Gasteiger partial charge in [0, 0.05) is 32.0 Å². The van der Waals surface area contributed by atoms with Crippen LogP contribution in [0.2, 0.25) is 0 Å². The summed E-state index contributed by atoms with van der Waals surface area (Å²) < 4.78 is 6.92. The van der Waals surface area contributed by atoms with Crippen LogP contribution in [0.4, 0.5) is 0 Å². The second-order valence-electron chi connectivity index (χ2n) is 7.41. The monoisotopic (exact) mass is 380 g/mol. The molecular weight excluding hydrogens is 356 g/mol. The van der Waals surface area contributed by atoms with E-state index in [1.165, 1.54) is 0 Å². The van der Waals surface area contributed by atoms with E-state index >= 15 is 0 Å². The molecule has 3 aromatic rings. The SMILES string of the molecule is Cc1noc(C)c1-c1cc(CC2CCN(C(=O)c3ccn(C)n3)CC2)ncn1. The van der Waals surface area contributed by atoms with Gasteiger partial charge in [-0.3, -0.25) is 9.48 Å². The van der Waals surface area contributed by atoms with Gasteiger partial charge in [-0.05, 0) is 51.2 Å². The molecule has 4 heterocycles. The van der Waals surface area contributed by atoms with E-state index in [4.69, 9.17) is 4.52 Å². The summed E-state index contributed by atoms with van der Waals surface area (Å²) in [5.74, 6) is 1.28. The molecule has 0 unspecified atom stereocenters. The van der Waals surface area contributed by atoms with Crippen LogP contribution in [0.15, 0.2) is 29.2 Å². The van der Waals surface area contributed by atoms with Gasteiger partial charge in [-0.1, -0.05) is 5.16 Å². The number of rotatable bonds is 4. The van der Waals surface area contributed by atoms with Crippen molar-refractivity contribution < 1.29 is 9.32 Å². The average Bonchev–Trinajstić information content (AvgIpc) is 3.27. The van der Waals surface area contributed by atoms with E-state index in [0.717, 1.165) is 60.8 Å². The third kappa shape index (κ3) is 3.67. The molecule has 0 bridgehead atoms. The maximum absolute atomic E-state index is 12.5. The van der Waals surface area contributed by atoms with Crippen LogP contribution < -0.4 is 0 Å². The predicted octanol–water partition coefficient (Wildman–Crippen LogP) is 2.58. The number of carbonyl (C=O) groups excluding carboxylic acids is 1. The molecule has 0 radical (unpaired) electrons. The second kappa shape index (κ2) is 7.53. The first kappa shape index (κ1) is 18.3. The van der Waals surface area contributed by atoms with E-state index in [2.05, 4.69) is 20.2 Å². The summed E-state index contributed by atoms with van der Waals surface area (Å²) >= 11 is 0. The Labute approximate surface area is 163 Å². The van der Waals surface area contributed by atoms with Gasteiger partial charge in [-0.15, -0.1) is 0 Å². The highest BCUT2D eigenvalue weighted by Crippen LogP contribution is 2.27. The lowest BCUT2D eigenvalue weighted by Crippen LogP contribution is -2.39. The fourth-order valence-electron chi connectivity index (χ4n) is 3.82. The van der Waals surface area contributed by atoms with Crippen LogP contribution in [0.3, 0.4) is 0 Å². The van der Waals surface area contributed by atoms with Gasteiger partial charge in [0.25, 0.3) is 5.91 Å². The number of nitrogens with zero attached hydrogens (tertiary/aromatic N) is 6. The Hall–Kier alpha value is -3.03. The Morgan fingerprint density at radius 3 is 2.68 bits per heavy atom. The molecule has 146 valence electrons. The number of hydrogen-bond donors (Lipinski definition) is 0. The first-order valence-electron chi connectivity index (χ1n) is 9.54. The fraction of sp³-hybridized carbons (Fsp3) is 0.450. The summed E-state index contributed by atoms with van der Waals surface area (Å²) in [5, 5.41) is 8.23. The molecule has 8 nitrogen and oxygen atoms in total. The molecule has 0 spiro atoms. The van der Waals surface area contributed by atoms with Crippen molar-refractivity contribution in [2.45, 2.75) is 33.1 Å². The van der Waals surface area contributed by atoms with Crippen LogP contribution in [-0.2, 0) is 13.5 Å². The van der Waals surface area contributed by atoms with Gasteiger partial charge in [0.05, 0.1) is 17.0 Å². The Balaban J connectivity index is 1.39. The normalized spacial score (nSPS) is 15.2. The van der Waals surface area contributed by atoms with Gasteiger partial charge < -0.3 is 9.42 Å². The zero-order chi connectivity index (χ0) is 19.7. The molecule has 1 saturated heterocycles. The Morgan fingerprint density at radius 1 is 1.25 bits per heavy atom. The standard InChI is InChI=1S/C20H24N6O2/c1-13-19(14(2)28-24-13)18-11-16(21-12-22-18)10-15-4-8-26(9-5-15)20(27)17-6-7-25(3)23-17/h6-7,11-12,15H,4-5,8-10H2,1-3H3. The minimum absolute atomic E-state index is 0.0155. The molecule has 0 aliphatic carbocycles. The highest BCUT2D eigenvalue weighted by Gasteiger charge is 2.25. The zero-order valence-electron chi connectivity index (χ0n) is 16.4. The molecule has 0 saturated carbocycles. The van der Waals surface area contributed by atoms with E-state index in [9.17, 15) is 4.79 Å². The minimum Gasteiger partial charge on any atom is -0.361 e. The van der Waals surface area contributed by atoms with Crippen molar-refractivity contribution in [1.29, 1.82) is 0 Å². The highest BCUT2D eigenvalue weighted by molar-refractivity contribution is 5.92. The smallest absolute Gasteiger partial charge is 0.274 e. The molecule has 28 heavy (non-hydrogen) atoms. The lowest BCUT2D eigenvalue weighted by molar-refractivity contribution is 0.0683. The van der Waals surface area contributed by atoms with E-state index in [-0.39, 0.29) is 5.91 Å². The van der Waals surface area contributed by atoms with E-state index < -0.39 is 0 Å². The predicted molar refractivity (Wildman–Crippen MR) is 103 cm³/mol. The Morgan fingerprint density at radius 2 is 2.04 bits per heavy atom. The molecule has 1 amide bonds. The van der Waals surface area contributed by atoms with Gasteiger partial charge in [0.15, 0.2) is 0 Å². The fourth-order valence-corrected chi connectivity index (χ4v) is 3.82. The van der Waals surface area contributed by atoms with Crippen LogP contribution in [-0.4, -0.2) is 48.8 Å². The maximum Gasteiger partial charge on any atom is 0.274 e. The Kier molecular flexibility index (Phi) is 4.93. The van der Waals surface area contributed by atoms with Gasteiger partial charge in [-0.25, -0.2) is 9.97 Å². The van der Waals surface area contributed by atoms with Crippen molar-refractivity contribution in [3.05, 3.63) is 47.5 Å². The van der Waals surface area contributed by atoms with Gasteiger partial charge in [0.1, 0.15) is 17.8 Å². The van der Waals surface area contributed by atoms with Crippen LogP contribution in [0.1, 0.15) is 40.5 Å². The third-order valence-electron chi connectivity index (χ3n) is 5.35. The summed E-state index contributed by atoms with van der Waals surface area (Å²) in [4.78, 5) is 23.3. The summed E-state index contributed by atoms with van der Waals surface area (Å²) in [6.07, 6.45) is 6.21. The number of aryl methyl sites for hydroxylation is 3. The number of carbonyl (C=O) groups is 1. The number of hydrogen-bond acceptors (Lipinski definition) is 6. The largest absolute Gasteiger partial charge is 0.361 e. The lowest BCUT2D eigenvalue weighted by atomic mass is 9.91. The molecule has 4 rings (SSSR count). The van der Waals surface area contributed by atoms with E-state index in [1.807, 2.05) is 31.9 Å². The van der Waals surface area contributed by atoms with E-state index in [1.54, 1.807) is 23.3 Å². The van der Waals surface area contributed by atoms with Crippen LogP contribution >= 0.6 is 0 Å². The molecule has 8 heteroatoms. The average molecular weight is 380 g/mol. The van der Waals surface area contributed by atoms with Crippen LogP contribution in [0, 0.1) is 19.8 Å². The van der Waals surface area contributed by atoms with E-state index in [0.29, 0.717) is 11.6 Å². The summed E-state index contributed by atoms with van der Waals surface area (Å²) in [6.45, 7) is 5.32. The number of aromatic nitrogens is 5. The number of piperidine rings is 1.